The van der Waals surface area contributed by atoms with E-state index in [0.29, 0.717) is 12.1 Å². The van der Waals surface area contributed by atoms with Crippen LogP contribution in [-0.2, 0) is 6.42 Å². The minimum atomic E-state index is 0.492. The highest BCUT2D eigenvalue weighted by Gasteiger charge is 2.37. The van der Waals surface area contributed by atoms with Crippen molar-refractivity contribution in [1.29, 1.82) is 0 Å². The fourth-order valence-corrected chi connectivity index (χ4v) is 4.47. The van der Waals surface area contributed by atoms with E-state index in [1.165, 1.54) is 69.3 Å². The van der Waals surface area contributed by atoms with Crippen molar-refractivity contribution in [2.45, 2.75) is 63.1 Å². The summed E-state index contributed by atoms with van der Waals surface area (Å²) in [6.45, 7) is 2.62. The Morgan fingerprint density at radius 2 is 2.10 bits per heavy atom. The highest BCUT2D eigenvalue weighted by molar-refractivity contribution is 5.25. The van der Waals surface area contributed by atoms with Crippen LogP contribution in [0.25, 0.3) is 0 Å². The normalized spacial score (nSPS) is 33.7. The maximum atomic E-state index is 4.67. The summed E-state index contributed by atoms with van der Waals surface area (Å²) >= 11 is 0. The number of nitrogens with one attached hydrogen (secondary N) is 1. The van der Waals surface area contributed by atoms with Crippen LogP contribution >= 0.6 is 0 Å². The number of rotatable bonds is 2. The lowest BCUT2D eigenvalue weighted by molar-refractivity contribution is 0.174. The van der Waals surface area contributed by atoms with Gasteiger partial charge in [-0.05, 0) is 56.7 Å². The van der Waals surface area contributed by atoms with Gasteiger partial charge in [-0.15, -0.1) is 0 Å². The number of aryl methyl sites for hydroxylation is 1. The molecule has 1 N–H and O–H groups in total. The monoisotopic (exact) mass is 271 g/mol. The Labute approximate surface area is 121 Å². The lowest BCUT2D eigenvalue weighted by Gasteiger charge is -2.35. The van der Waals surface area contributed by atoms with E-state index in [0.717, 1.165) is 6.04 Å². The molecule has 0 bridgehead atoms. The van der Waals surface area contributed by atoms with Crippen molar-refractivity contribution in [2.75, 3.05) is 13.1 Å². The second-order valence-corrected chi connectivity index (χ2v) is 6.65. The number of aromatic nitrogens is 1. The van der Waals surface area contributed by atoms with Crippen LogP contribution in [0.5, 0.6) is 0 Å². The first-order valence-electron chi connectivity index (χ1n) is 8.36. The standard InChI is InChI=1S/C17H25N3/c1-2-11-20-12-9-14(16(20)8-1)19-15-7-3-5-13-6-4-10-18-17(13)15/h4,6,10,14-16,19H,1-3,5,7-9,11-12H2. The van der Waals surface area contributed by atoms with Crippen LogP contribution in [0.2, 0.25) is 0 Å². The number of hydrogen-bond donors (Lipinski definition) is 1. The molecule has 20 heavy (non-hydrogen) atoms. The number of nitrogens with zero attached hydrogens (tertiary/aromatic N) is 2. The first-order chi connectivity index (χ1) is 9.92. The zero-order valence-corrected chi connectivity index (χ0v) is 12.2. The van der Waals surface area contributed by atoms with Crippen molar-refractivity contribution in [3.8, 4) is 0 Å². The van der Waals surface area contributed by atoms with Crippen molar-refractivity contribution in [3.05, 3.63) is 29.6 Å². The molecule has 3 aliphatic rings. The highest BCUT2D eigenvalue weighted by atomic mass is 15.2. The second-order valence-electron chi connectivity index (χ2n) is 6.65. The Bertz CT molecular complexity index is 473. The summed E-state index contributed by atoms with van der Waals surface area (Å²) < 4.78 is 0. The smallest absolute Gasteiger partial charge is 0.0605 e. The molecule has 2 fully saturated rings. The van der Waals surface area contributed by atoms with Gasteiger partial charge >= 0.3 is 0 Å². The lowest BCUT2D eigenvalue weighted by Crippen LogP contribution is -2.46. The largest absolute Gasteiger partial charge is 0.304 e. The minimum absolute atomic E-state index is 0.492. The zero-order valence-electron chi connectivity index (χ0n) is 12.2. The molecular weight excluding hydrogens is 246 g/mol. The summed E-state index contributed by atoms with van der Waals surface area (Å²) in [4.78, 5) is 7.38. The van der Waals surface area contributed by atoms with E-state index in [9.17, 15) is 0 Å². The fourth-order valence-electron chi connectivity index (χ4n) is 4.47. The van der Waals surface area contributed by atoms with Crippen LogP contribution < -0.4 is 5.32 Å². The van der Waals surface area contributed by atoms with Gasteiger partial charge in [-0.25, -0.2) is 0 Å². The predicted octanol–water partition coefficient (Wildman–Crippen LogP) is 2.68. The van der Waals surface area contributed by atoms with Gasteiger partial charge in [0.2, 0.25) is 0 Å². The minimum Gasteiger partial charge on any atom is -0.304 e. The van der Waals surface area contributed by atoms with E-state index < -0.39 is 0 Å². The number of fused-ring (bicyclic) bond motifs is 2. The first kappa shape index (κ1) is 12.8. The van der Waals surface area contributed by atoms with E-state index >= 15 is 0 Å². The molecule has 1 aromatic heterocycles. The van der Waals surface area contributed by atoms with Gasteiger partial charge in [0.05, 0.1) is 11.7 Å². The van der Waals surface area contributed by atoms with Crippen LogP contribution in [-0.4, -0.2) is 35.1 Å². The summed E-state index contributed by atoms with van der Waals surface area (Å²) in [5.41, 5.74) is 2.79. The molecule has 1 aliphatic carbocycles. The Morgan fingerprint density at radius 3 is 3.10 bits per heavy atom. The van der Waals surface area contributed by atoms with Gasteiger partial charge in [0.25, 0.3) is 0 Å². The molecule has 3 heterocycles. The van der Waals surface area contributed by atoms with Gasteiger partial charge in [-0.1, -0.05) is 12.5 Å². The van der Waals surface area contributed by atoms with Crippen molar-refractivity contribution in [3.63, 3.8) is 0 Å². The number of piperidine rings is 1. The highest BCUT2D eigenvalue weighted by Crippen LogP contribution is 2.32. The third-order valence-electron chi connectivity index (χ3n) is 5.47. The summed E-state index contributed by atoms with van der Waals surface area (Å²) in [6.07, 6.45) is 11.3. The van der Waals surface area contributed by atoms with Gasteiger partial charge in [0.15, 0.2) is 0 Å². The van der Waals surface area contributed by atoms with Crippen LogP contribution in [0.15, 0.2) is 18.3 Å². The molecule has 0 radical (unpaired) electrons. The number of hydrogen-bond acceptors (Lipinski definition) is 3. The van der Waals surface area contributed by atoms with Crippen LogP contribution in [0.3, 0.4) is 0 Å². The van der Waals surface area contributed by atoms with Gasteiger partial charge < -0.3 is 5.32 Å². The molecule has 3 nitrogen and oxygen atoms in total. The molecule has 1 aromatic rings. The summed E-state index contributed by atoms with van der Waals surface area (Å²) in [5, 5.41) is 3.97. The molecular formula is C17H25N3. The fraction of sp³-hybridized carbons (Fsp3) is 0.706. The summed E-state index contributed by atoms with van der Waals surface area (Å²) in [5.74, 6) is 0. The third-order valence-corrected chi connectivity index (χ3v) is 5.47. The molecule has 2 aliphatic heterocycles. The van der Waals surface area contributed by atoms with Crippen molar-refractivity contribution in [2.24, 2.45) is 0 Å². The Hall–Kier alpha value is -0.930. The predicted molar refractivity (Wildman–Crippen MR) is 80.7 cm³/mol. The molecule has 0 spiro atoms. The zero-order chi connectivity index (χ0) is 13.4. The molecule has 0 aromatic carbocycles. The Kier molecular flexibility index (Phi) is 3.49. The van der Waals surface area contributed by atoms with Crippen LogP contribution in [0.1, 0.15) is 55.8 Å². The van der Waals surface area contributed by atoms with Crippen molar-refractivity contribution < 1.29 is 0 Å². The molecule has 0 saturated carbocycles. The quantitative estimate of drug-likeness (QED) is 0.896. The van der Waals surface area contributed by atoms with Crippen molar-refractivity contribution in [1.82, 2.24) is 15.2 Å². The maximum Gasteiger partial charge on any atom is 0.0605 e. The average molecular weight is 271 g/mol. The van der Waals surface area contributed by atoms with Crippen LogP contribution in [0.4, 0.5) is 0 Å². The van der Waals surface area contributed by atoms with E-state index in [-0.39, 0.29) is 0 Å². The molecule has 3 unspecified atom stereocenters. The van der Waals surface area contributed by atoms with E-state index in [1.807, 2.05) is 6.20 Å². The maximum absolute atomic E-state index is 4.67. The summed E-state index contributed by atoms with van der Waals surface area (Å²) in [7, 11) is 0. The molecule has 108 valence electrons. The Morgan fingerprint density at radius 1 is 1.10 bits per heavy atom. The van der Waals surface area contributed by atoms with E-state index in [2.05, 4.69) is 27.3 Å². The third kappa shape index (κ3) is 2.27. The van der Waals surface area contributed by atoms with Crippen molar-refractivity contribution >= 4 is 0 Å². The van der Waals surface area contributed by atoms with Gasteiger partial charge in [-0.3, -0.25) is 9.88 Å². The molecule has 4 rings (SSSR count). The average Bonchev–Trinajstić information content (AvgIpc) is 2.91. The molecule has 0 amide bonds. The Balaban J connectivity index is 1.50. The van der Waals surface area contributed by atoms with Crippen LogP contribution in [0, 0.1) is 0 Å². The van der Waals surface area contributed by atoms with E-state index in [1.54, 1.807) is 0 Å². The van der Waals surface area contributed by atoms with E-state index in [4.69, 9.17) is 0 Å². The molecule has 2 saturated heterocycles. The van der Waals surface area contributed by atoms with Gasteiger partial charge in [0.1, 0.15) is 0 Å². The van der Waals surface area contributed by atoms with Gasteiger partial charge in [-0.2, -0.15) is 0 Å². The number of pyridine rings is 1. The SMILES string of the molecule is c1cnc2c(c1)CCCC2NC1CCN2CCCCC12. The molecule has 3 atom stereocenters. The summed E-state index contributed by atoms with van der Waals surface area (Å²) in [6, 6.07) is 6.31. The van der Waals surface area contributed by atoms with Gasteiger partial charge in [0, 0.05) is 24.8 Å². The second kappa shape index (κ2) is 5.45. The molecule has 3 heteroatoms. The first-order valence-corrected chi connectivity index (χ1v) is 8.36. The lowest BCUT2D eigenvalue weighted by atomic mass is 9.90. The topological polar surface area (TPSA) is 28.2 Å².